The van der Waals surface area contributed by atoms with Gasteiger partial charge in [0, 0.05) is 12.0 Å². The highest BCUT2D eigenvalue weighted by atomic mass is 16.2. The van der Waals surface area contributed by atoms with E-state index in [0.717, 1.165) is 19.4 Å². The molecule has 0 aliphatic heterocycles. The standard InChI is InChI=1S/C13H25NO/c1-5-14-11(15)13(4)8-6-7-12(2,3)9-10-13/h5-10H2,1-4H3,(H,14,15). The molecule has 1 N–H and O–H groups in total. The molecule has 0 spiro atoms. The molecule has 0 saturated heterocycles. The minimum Gasteiger partial charge on any atom is -0.356 e. The molecule has 2 heteroatoms. The van der Waals surface area contributed by atoms with Crippen molar-refractivity contribution in [3.63, 3.8) is 0 Å². The van der Waals surface area contributed by atoms with E-state index in [4.69, 9.17) is 0 Å². The summed E-state index contributed by atoms with van der Waals surface area (Å²) in [6.45, 7) is 9.49. The van der Waals surface area contributed by atoms with E-state index in [1.54, 1.807) is 0 Å². The zero-order chi connectivity index (χ0) is 11.5. The van der Waals surface area contributed by atoms with E-state index in [0.29, 0.717) is 5.41 Å². The fourth-order valence-electron chi connectivity index (χ4n) is 2.42. The molecule has 0 radical (unpaired) electrons. The average molecular weight is 211 g/mol. The number of rotatable bonds is 2. The van der Waals surface area contributed by atoms with Gasteiger partial charge in [0.25, 0.3) is 0 Å². The molecule has 1 rings (SSSR count). The summed E-state index contributed by atoms with van der Waals surface area (Å²) in [5.74, 6) is 0.253. The highest BCUT2D eigenvalue weighted by molar-refractivity contribution is 5.82. The van der Waals surface area contributed by atoms with Gasteiger partial charge in [0.1, 0.15) is 0 Å². The predicted octanol–water partition coefficient (Wildman–Crippen LogP) is 3.12. The molecule has 1 saturated carbocycles. The Bertz CT molecular complexity index is 235. The molecule has 0 aromatic carbocycles. The summed E-state index contributed by atoms with van der Waals surface area (Å²) in [5.41, 5.74) is 0.300. The van der Waals surface area contributed by atoms with E-state index in [-0.39, 0.29) is 11.3 Å². The molecular formula is C13H25NO. The Hall–Kier alpha value is -0.530. The summed E-state index contributed by atoms with van der Waals surface area (Å²) in [6.07, 6.45) is 5.68. The first-order chi connectivity index (χ1) is 6.90. The SMILES string of the molecule is CCNC(=O)C1(C)CCCC(C)(C)CC1. The molecule has 0 bridgehead atoms. The fourth-order valence-corrected chi connectivity index (χ4v) is 2.42. The van der Waals surface area contributed by atoms with Crippen molar-refractivity contribution in [1.29, 1.82) is 0 Å². The van der Waals surface area contributed by atoms with E-state index in [1.165, 1.54) is 19.3 Å². The first kappa shape index (κ1) is 12.5. The lowest BCUT2D eigenvalue weighted by atomic mass is 9.79. The van der Waals surface area contributed by atoms with Gasteiger partial charge in [-0.25, -0.2) is 0 Å². The average Bonchev–Trinajstić information content (AvgIpc) is 2.27. The quantitative estimate of drug-likeness (QED) is 0.699. The summed E-state index contributed by atoms with van der Waals surface area (Å²) >= 11 is 0. The Balaban J connectivity index is 2.65. The molecule has 2 nitrogen and oxygen atoms in total. The van der Waals surface area contributed by atoms with Crippen molar-refractivity contribution >= 4 is 5.91 Å². The van der Waals surface area contributed by atoms with Crippen LogP contribution in [0.25, 0.3) is 0 Å². The summed E-state index contributed by atoms with van der Waals surface area (Å²) in [6, 6.07) is 0. The maximum Gasteiger partial charge on any atom is 0.225 e. The van der Waals surface area contributed by atoms with Gasteiger partial charge < -0.3 is 5.32 Å². The zero-order valence-electron chi connectivity index (χ0n) is 10.7. The molecule has 1 unspecified atom stereocenters. The molecule has 1 aliphatic carbocycles. The Morgan fingerprint density at radius 1 is 1.13 bits per heavy atom. The minimum atomic E-state index is -0.121. The minimum absolute atomic E-state index is 0.121. The number of nitrogens with one attached hydrogen (secondary N) is 1. The van der Waals surface area contributed by atoms with Crippen molar-refractivity contribution in [3.05, 3.63) is 0 Å². The van der Waals surface area contributed by atoms with Gasteiger partial charge in [0.15, 0.2) is 0 Å². The molecule has 1 atom stereocenters. The molecule has 0 aromatic rings. The predicted molar refractivity (Wildman–Crippen MR) is 63.7 cm³/mol. The van der Waals surface area contributed by atoms with Crippen molar-refractivity contribution in [2.24, 2.45) is 10.8 Å². The second-order valence-corrected chi connectivity index (χ2v) is 5.94. The third-order valence-electron chi connectivity index (χ3n) is 3.82. The first-order valence-electron chi connectivity index (χ1n) is 6.18. The van der Waals surface area contributed by atoms with Gasteiger partial charge in [-0.3, -0.25) is 4.79 Å². The fraction of sp³-hybridized carbons (Fsp3) is 0.923. The highest BCUT2D eigenvalue weighted by Crippen LogP contribution is 2.42. The molecule has 1 amide bonds. The van der Waals surface area contributed by atoms with Crippen LogP contribution in [0.2, 0.25) is 0 Å². The van der Waals surface area contributed by atoms with Crippen molar-refractivity contribution in [1.82, 2.24) is 5.32 Å². The lowest BCUT2D eigenvalue weighted by Gasteiger charge is -2.27. The van der Waals surface area contributed by atoms with Crippen molar-refractivity contribution < 1.29 is 4.79 Å². The van der Waals surface area contributed by atoms with Crippen LogP contribution in [-0.4, -0.2) is 12.5 Å². The summed E-state index contributed by atoms with van der Waals surface area (Å²) < 4.78 is 0. The number of hydrogen-bond donors (Lipinski definition) is 1. The van der Waals surface area contributed by atoms with Gasteiger partial charge in [0.2, 0.25) is 5.91 Å². The maximum atomic E-state index is 12.0. The highest BCUT2D eigenvalue weighted by Gasteiger charge is 2.37. The topological polar surface area (TPSA) is 29.1 Å². The van der Waals surface area contributed by atoms with Crippen LogP contribution in [0.15, 0.2) is 0 Å². The molecular weight excluding hydrogens is 186 g/mol. The first-order valence-corrected chi connectivity index (χ1v) is 6.18. The third-order valence-corrected chi connectivity index (χ3v) is 3.82. The Morgan fingerprint density at radius 3 is 2.40 bits per heavy atom. The number of amides is 1. The lowest BCUT2D eigenvalue weighted by molar-refractivity contribution is -0.130. The van der Waals surface area contributed by atoms with Crippen LogP contribution in [0.4, 0.5) is 0 Å². The van der Waals surface area contributed by atoms with Gasteiger partial charge in [-0.15, -0.1) is 0 Å². The van der Waals surface area contributed by atoms with E-state index in [1.807, 2.05) is 6.92 Å². The molecule has 1 aliphatic rings. The van der Waals surface area contributed by atoms with Crippen LogP contribution in [0, 0.1) is 10.8 Å². The van der Waals surface area contributed by atoms with Crippen molar-refractivity contribution in [3.8, 4) is 0 Å². The van der Waals surface area contributed by atoms with E-state index in [9.17, 15) is 4.79 Å². The largest absolute Gasteiger partial charge is 0.356 e. The smallest absolute Gasteiger partial charge is 0.225 e. The summed E-state index contributed by atoms with van der Waals surface area (Å²) in [7, 11) is 0. The van der Waals surface area contributed by atoms with Crippen molar-refractivity contribution in [2.45, 2.75) is 59.8 Å². The van der Waals surface area contributed by atoms with Crippen LogP contribution in [-0.2, 0) is 4.79 Å². The molecule has 1 fully saturated rings. The molecule has 0 aromatic heterocycles. The van der Waals surface area contributed by atoms with Gasteiger partial charge in [-0.2, -0.15) is 0 Å². The van der Waals surface area contributed by atoms with Crippen LogP contribution in [0.1, 0.15) is 59.8 Å². The van der Waals surface area contributed by atoms with Gasteiger partial charge in [0.05, 0.1) is 0 Å². The second-order valence-electron chi connectivity index (χ2n) is 5.94. The van der Waals surface area contributed by atoms with Crippen molar-refractivity contribution in [2.75, 3.05) is 6.54 Å². The van der Waals surface area contributed by atoms with E-state index >= 15 is 0 Å². The van der Waals surface area contributed by atoms with E-state index < -0.39 is 0 Å². The monoisotopic (exact) mass is 211 g/mol. The van der Waals surface area contributed by atoms with Crippen LogP contribution < -0.4 is 5.32 Å². The lowest BCUT2D eigenvalue weighted by Crippen LogP contribution is -2.38. The Kier molecular flexibility index (Phi) is 3.80. The number of hydrogen-bond acceptors (Lipinski definition) is 1. The van der Waals surface area contributed by atoms with Gasteiger partial charge in [-0.05, 0) is 38.0 Å². The zero-order valence-corrected chi connectivity index (χ0v) is 10.7. The maximum absolute atomic E-state index is 12.0. The number of carbonyl (C=O) groups is 1. The van der Waals surface area contributed by atoms with Crippen LogP contribution in [0.5, 0.6) is 0 Å². The molecule has 88 valence electrons. The van der Waals surface area contributed by atoms with E-state index in [2.05, 4.69) is 26.1 Å². The third kappa shape index (κ3) is 3.22. The number of carbonyl (C=O) groups excluding carboxylic acids is 1. The summed E-state index contributed by atoms with van der Waals surface area (Å²) in [5, 5.41) is 2.97. The molecule has 15 heavy (non-hydrogen) atoms. The second kappa shape index (κ2) is 4.54. The van der Waals surface area contributed by atoms with Crippen LogP contribution in [0.3, 0.4) is 0 Å². The molecule has 0 heterocycles. The Labute approximate surface area is 93.8 Å². The summed E-state index contributed by atoms with van der Waals surface area (Å²) in [4.78, 5) is 12.0. The Morgan fingerprint density at radius 2 is 1.80 bits per heavy atom. The van der Waals surface area contributed by atoms with Gasteiger partial charge in [-0.1, -0.05) is 27.2 Å². The van der Waals surface area contributed by atoms with Crippen LogP contribution >= 0.6 is 0 Å². The van der Waals surface area contributed by atoms with Gasteiger partial charge >= 0.3 is 0 Å². The normalized spacial score (nSPS) is 30.7.